The molecular weight excluding hydrogens is 413 g/mol. The van der Waals surface area contributed by atoms with Crippen LogP contribution in [0.1, 0.15) is 5.69 Å². The molecule has 1 atom stereocenters. The van der Waals surface area contributed by atoms with Crippen LogP contribution in [0.25, 0.3) is 10.6 Å². The number of aromatic nitrogens is 3. The van der Waals surface area contributed by atoms with E-state index >= 15 is 0 Å². The Labute approximate surface area is 175 Å². The first-order chi connectivity index (χ1) is 14.5. The fourth-order valence-corrected chi connectivity index (χ4v) is 3.85. The molecule has 1 aliphatic heterocycles. The third-order valence-corrected chi connectivity index (χ3v) is 5.39. The summed E-state index contributed by atoms with van der Waals surface area (Å²) < 4.78 is 26.2. The van der Waals surface area contributed by atoms with Crippen LogP contribution in [-0.4, -0.2) is 53.3 Å². The maximum absolute atomic E-state index is 14.8. The van der Waals surface area contributed by atoms with Gasteiger partial charge in [-0.3, -0.25) is 9.58 Å². The number of hydrogen-bond donors (Lipinski definition) is 1. The zero-order chi connectivity index (χ0) is 21.1. The second-order valence-electron chi connectivity index (χ2n) is 6.50. The maximum Gasteiger partial charge on any atom is 0.414 e. The van der Waals surface area contributed by atoms with E-state index in [4.69, 9.17) is 4.74 Å². The first kappa shape index (κ1) is 19.8. The lowest BCUT2D eigenvalue weighted by Crippen LogP contribution is -2.34. The number of anilines is 1. The molecule has 11 heteroatoms. The zero-order valence-electron chi connectivity index (χ0n) is 15.9. The molecule has 1 unspecified atom stereocenters. The second kappa shape index (κ2) is 8.49. The summed E-state index contributed by atoms with van der Waals surface area (Å²) in [4.78, 5) is 29.1. The quantitative estimate of drug-likeness (QED) is 0.645. The maximum atomic E-state index is 14.8. The molecule has 2 amide bonds. The lowest BCUT2D eigenvalue weighted by molar-refractivity contribution is 0.132. The number of ether oxygens (including phenoxy) is 2. The average Bonchev–Trinajstić information content (AvgIpc) is 3.48. The average molecular weight is 431 g/mol. The molecule has 156 valence electrons. The van der Waals surface area contributed by atoms with E-state index in [1.807, 2.05) is 17.6 Å². The minimum Gasteiger partial charge on any atom is -0.453 e. The van der Waals surface area contributed by atoms with E-state index in [0.717, 1.165) is 5.69 Å². The summed E-state index contributed by atoms with van der Waals surface area (Å²) >= 11 is 1.34. The molecule has 0 radical (unpaired) electrons. The number of nitrogens with zero attached hydrogens (tertiary/aromatic N) is 4. The van der Waals surface area contributed by atoms with Crippen LogP contribution in [-0.2, 0) is 16.0 Å². The highest BCUT2D eigenvalue weighted by atomic mass is 32.1. The van der Waals surface area contributed by atoms with Crippen molar-refractivity contribution in [1.29, 1.82) is 0 Å². The summed E-state index contributed by atoms with van der Waals surface area (Å²) in [5.41, 5.74) is 1.51. The van der Waals surface area contributed by atoms with Crippen molar-refractivity contribution in [1.82, 2.24) is 20.1 Å². The molecule has 9 nitrogen and oxygen atoms in total. The Balaban J connectivity index is 1.45. The van der Waals surface area contributed by atoms with Crippen LogP contribution >= 0.6 is 11.3 Å². The Morgan fingerprint density at radius 3 is 3.07 bits per heavy atom. The van der Waals surface area contributed by atoms with E-state index in [9.17, 15) is 14.0 Å². The summed E-state index contributed by atoms with van der Waals surface area (Å²) in [5, 5.41) is 9.02. The van der Waals surface area contributed by atoms with Crippen molar-refractivity contribution < 1.29 is 23.5 Å². The molecule has 30 heavy (non-hydrogen) atoms. The second-order valence-corrected chi connectivity index (χ2v) is 7.36. The standard InChI is InChI=1S/C19H18FN5O4S/c1-28-18(26)21-8-14-10-25(19(27)29-14)13-3-4-15(16(20)7-13)17-23-12(11-30-17)9-24-6-2-5-22-24/h2-7,11,14H,8-10H2,1H3,(H,21,26). The highest BCUT2D eigenvalue weighted by Crippen LogP contribution is 2.31. The van der Waals surface area contributed by atoms with Gasteiger partial charge in [-0.25, -0.2) is 19.0 Å². The number of cyclic esters (lactones) is 1. The summed E-state index contributed by atoms with van der Waals surface area (Å²) in [6, 6.07) is 6.34. The first-order valence-corrected chi connectivity index (χ1v) is 9.93. The van der Waals surface area contributed by atoms with Gasteiger partial charge in [-0.2, -0.15) is 5.10 Å². The van der Waals surface area contributed by atoms with E-state index in [-0.39, 0.29) is 13.1 Å². The van der Waals surface area contributed by atoms with E-state index in [0.29, 0.717) is 22.8 Å². The minimum absolute atomic E-state index is 0.105. The molecule has 1 saturated heterocycles. The predicted octanol–water partition coefficient (Wildman–Crippen LogP) is 2.88. The third-order valence-electron chi connectivity index (χ3n) is 4.46. The van der Waals surface area contributed by atoms with Crippen molar-refractivity contribution in [3.05, 3.63) is 53.6 Å². The molecule has 3 heterocycles. The van der Waals surface area contributed by atoms with Crippen molar-refractivity contribution >= 4 is 29.2 Å². The van der Waals surface area contributed by atoms with Crippen molar-refractivity contribution in [2.75, 3.05) is 25.1 Å². The lowest BCUT2D eigenvalue weighted by Gasteiger charge is -2.14. The van der Waals surface area contributed by atoms with Gasteiger partial charge in [0.1, 0.15) is 16.9 Å². The highest BCUT2D eigenvalue weighted by Gasteiger charge is 2.33. The lowest BCUT2D eigenvalue weighted by atomic mass is 10.2. The number of carbonyl (C=O) groups is 2. The van der Waals surface area contributed by atoms with E-state index in [1.165, 1.54) is 29.4 Å². The van der Waals surface area contributed by atoms with Gasteiger partial charge in [0, 0.05) is 23.3 Å². The van der Waals surface area contributed by atoms with Crippen LogP contribution < -0.4 is 10.2 Å². The number of rotatable bonds is 6. The molecule has 1 fully saturated rings. The van der Waals surface area contributed by atoms with Gasteiger partial charge < -0.3 is 14.8 Å². The Kier molecular flexibility index (Phi) is 5.61. The molecule has 3 aromatic rings. The van der Waals surface area contributed by atoms with Gasteiger partial charge in [0.2, 0.25) is 0 Å². The number of alkyl carbamates (subject to hydrolysis) is 1. The van der Waals surface area contributed by atoms with E-state index in [1.54, 1.807) is 23.0 Å². The van der Waals surface area contributed by atoms with Crippen LogP contribution in [0.4, 0.5) is 19.7 Å². The van der Waals surface area contributed by atoms with Gasteiger partial charge in [-0.1, -0.05) is 0 Å². The zero-order valence-corrected chi connectivity index (χ0v) is 16.8. The molecule has 2 aromatic heterocycles. The molecule has 0 spiro atoms. The van der Waals surface area contributed by atoms with Crippen LogP contribution in [0.5, 0.6) is 0 Å². The summed E-state index contributed by atoms with van der Waals surface area (Å²) in [7, 11) is 1.25. The number of hydrogen-bond acceptors (Lipinski definition) is 7. The third kappa shape index (κ3) is 4.25. The monoisotopic (exact) mass is 431 g/mol. The SMILES string of the molecule is COC(=O)NCC1CN(c2ccc(-c3nc(Cn4cccn4)cs3)c(F)c2)C(=O)O1. The van der Waals surface area contributed by atoms with Crippen molar-refractivity contribution in [2.24, 2.45) is 0 Å². The predicted molar refractivity (Wildman–Crippen MR) is 107 cm³/mol. The largest absolute Gasteiger partial charge is 0.453 e. The number of amides is 2. The first-order valence-electron chi connectivity index (χ1n) is 9.05. The van der Waals surface area contributed by atoms with Gasteiger partial charge in [-0.15, -0.1) is 11.3 Å². The van der Waals surface area contributed by atoms with Crippen molar-refractivity contribution in [2.45, 2.75) is 12.6 Å². The molecule has 0 bridgehead atoms. The van der Waals surface area contributed by atoms with Crippen molar-refractivity contribution in [3.8, 4) is 10.6 Å². The molecule has 1 aromatic carbocycles. The Hall–Kier alpha value is -3.47. The Morgan fingerprint density at radius 1 is 1.47 bits per heavy atom. The highest BCUT2D eigenvalue weighted by molar-refractivity contribution is 7.13. The fourth-order valence-electron chi connectivity index (χ4n) is 3.02. The van der Waals surface area contributed by atoms with Crippen LogP contribution in [0, 0.1) is 5.82 Å². The van der Waals surface area contributed by atoms with Gasteiger partial charge in [0.25, 0.3) is 0 Å². The molecule has 1 N–H and O–H groups in total. The number of thiazole rings is 1. The fraction of sp³-hybridized carbons (Fsp3) is 0.263. The van der Waals surface area contributed by atoms with Crippen LogP contribution in [0.3, 0.4) is 0 Å². The summed E-state index contributed by atoms with van der Waals surface area (Å²) in [6.07, 6.45) is 1.75. The number of carbonyl (C=O) groups excluding carboxylic acids is 2. The molecule has 4 rings (SSSR count). The summed E-state index contributed by atoms with van der Waals surface area (Å²) in [5.74, 6) is -0.489. The normalized spacial score (nSPS) is 15.9. The van der Waals surface area contributed by atoms with Crippen LogP contribution in [0.15, 0.2) is 42.0 Å². The smallest absolute Gasteiger partial charge is 0.414 e. The molecule has 0 saturated carbocycles. The summed E-state index contributed by atoms with van der Waals surface area (Å²) in [6.45, 7) is 0.796. The number of benzene rings is 1. The topological polar surface area (TPSA) is 98.6 Å². The molecule has 1 aliphatic rings. The Bertz CT molecular complexity index is 1060. The molecular formula is C19H18FN5O4S. The number of halogens is 1. The van der Waals surface area contributed by atoms with Gasteiger partial charge in [0.15, 0.2) is 0 Å². The van der Waals surface area contributed by atoms with Crippen LogP contribution in [0.2, 0.25) is 0 Å². The number of nitrogens with one attached hydrogen (secondary N) is 1. The Morgan fingerprint density at radius 2 is 2.33 bits per heavy atom. The van der Waals surface area contributed by atoms with Gasteiger partial charge in [-0.05, 0) is 24.3 Å². The molecule has 0 aliphatic carbocycles. The number of methoxy groups -OCH3 is 1. The van der Waals surface area contributed by atoms with E-state index in [2.05, 4.69) is 20.1 Å². The van der Waals surface area contributed by atoms with Gasteiger partial charge in [0.05, 0.1) is 38.1 Å². The van der Waals surface area contributed by atoms with E-state index < -0.39 is 24.1 Å². The van der Waals surface area contributed by atoms with Crippen molar-refractivity contribution in [3.63, 3.8) is 0 Å². The minimum atomic E-state index is -0.615. The van der Waals surface area contributed by atoms with Gasteiger partial charge >= 0.3 is 12.2 Å².